The van der Waals surface area contributed by atoms with Crippen LogP contribution in [0.3, 0.4) is 0 Å². The van der Waals surface area contributed by atoms with Crippen molar-refractivity contribution in [3.8, 4) is 0 Å². The van der Waals surface area contributed by atoms with Gasteiger partial charge in [-0.2, -0.15) is 0 Å². The second kappa shape index (κ2) is 2.84. The van der Waals surface area contributed by atoms with Gasteiger partial charge in [-0.15, -0.1) is 0 Å². The monoisotopic (exact) mass is 168 g/mol. The number of carbonyl (C=O) groups is 1. The van der Waals surface area contributed by atoms with Gasteiger partial charge in [-0.25, -0.2) is 0 Å². The molecule has 2 aliphatic carbocycles. The highest BCUT2D eigenvalue weighted by Crippen LogP contribution is 2.46. The number of hydrogen-bond donors (Lipinski definition) is 0. The molecule has 0 radical (unpaired) electrons. The van der Waals surface area contributed by atoms with Crippen molar-refractivity contribution >= 4 is 5.78 Å². The summed E-state index contributed by atoms with van der Waals surface area (Å²) in [4.78, 5) is 11.2. The molecular weight excluding hydrogens is 152 g/mol. The third-order valence-electron chi connectivity index (χ3n) is 3.07. The van der Waals surface area contributed by atoms with E-state index in [4.69, 9.17) is 4.74 Å². The van der Waals surface area contributed by atoms with Crippen molar-refractivity contribution < 1.29 is 9.53 Å². The normalized spacial score (nSPS) is 39.9. The van der Waals surface area contributed by atoms with Crippen molar-refractivity contribution in [2.45, 2.75) is 45.3 Å². The maximum Gasteiger partial charge on any atom is 0.136 e. The Morgan fingerprint density at radius 2 is 2.25 bits per heavy atom. The quantitative estimate of drug-likeness (QED) is 0.628. The lowest BCUT2D eigenvalue weighted by Gasteiger charge is -2.40. The van der Waals surface area contributed by atoms with Crippen molar-refractivity contribution in [2.24, 2.45) is 11.8 Å². The first-order chi connectivity index (χ1) is 5.68. The minimum atomic E-state index is 0.312. The summed E-state index contributed by atoms with van der Waals surface area (Å²) in [5.41, 5.74) is 0. The molecule has 2 heteroatoms. The Kier molecular flexibility index (Phi) is 1.95. The van der Waals surface area contributed by atoms with Gasteiger partial charge in [0.2, 0.25) is 0 Å². The van der Waals surface area contributed by atoms with Gasteiger partial charge in [0, 0.05) is 12.3 Å². The highest BCUT2D eigenvalue weighted by atomic mass is 16.5. The van der Waals surface area contributed by atoms with Gasteiger partial charge in [-0.05, 0) is 32.6 Å². The Labute approximate surface area is 73.3 Å². The van der Waals surface area contributed by atoms with Crippen LogP contribution in [0.25, 0.3) is 0 Å². The lowest BCUT2D eigenvalue weighted by Crippen LogP contribution is -2.43. The SMILES string of the molecule is CC(C)OC1C[C@@H]2C(=O)CC[C@H]12. The second-order valence-corrected chi connectivity index (χ2v) is 4.23. The fourth-order valence-corrected chi connectivity index (χ4v) is 2.42. The number of rotatable bonds is 2. The van der Waals surface area contributed by atoms with Crippen LogP contribution in [0, 0.1) is 11.8 Å². The summed E-state index contributed by atoms with van der Waals surface area (Å²) < 4.78 is 5.70. The van der Waals surface area contributed by atoms with Crippen molar-refractivity contribution in [3.63, 3.8) is 0 Å². The first-order valence-electron chi connectivity index (χ1n) is 4.86. The summed E-state index contributed by atoms with van der Waals surface area (Å²) in [6, 6.07) is 0. The van der Waals surface area contributed by atoms with Crippen molar-refractivity contribution in [1.82, 2.24) is 0 Å². The van der Waals surface area contributed by atoms with Gasteiger partial charge in [0.25, 0.3) is 0 Å². The fourth-order valence-electron chi connectivity index (χ4n) is 2.42. The van der Waals surface area contributed by atoms with Crippen molar-refractivity contribution in [3.05, 3.63) is 0 Å². The molecule has 0 saturated heterocycles. The van der Waals surface area contributed by atoms with E-state index in [1.165, 1.54) is 0 Å². The zero-order valence-electron chi connectivity index (χ0n) is 7.75. The van der Waals surface area contributed by atoms with E-state index < -0.39 is 0 Å². The predicted molar refractivity (Wildman–Crippen MR) is 45.8 cm³/mol. The minimum absolute atomic E-state index is 0.312. The summed E-state index contributed by atoms with van der Waals surface area (Å²) in [6.45, 7) is 4.12. The number of hydrogen-bond acceptors (Lipinski definition) is 2. The van der Waals surface area contributed by atoms with Crippen LogP contribution in [-0.2, 0) is 9.53 Å². The molecule has 0 aromatic carbocycles. The summed E-state index contributed by atoms with van der Waals surface area (Å²) in [7, 11) is 0. The Morgan fingerprint density at radius 3 is 2.83 bits per heavy atom. The average Bonchev–Trinajstić information content (AvgIpc) is 2.22. The van der Waals surface area contributed by atoms with E-state index in [9.17, 15) is 4.79 Å². The summed E-state index contributed by atoms with van der Waals surface area (Å²) in [6.07, 6.45) is 3.56. The van der Waals surface area contributed by atoms with E-state index in [0.29, 0.717) is 29.8 Å². The van der Waals surface area contributed by atoms with Gasteiger partial charge >= 0.3 is 0 Å². The van der Waals surface area contributed by atoms with Crippen LogP contribution < -0.4 is 0 Å². The summed E-state index contributed by atoms with van der Waals surface area (Å²) in [5.74, 6) is 1.41. The van der Waals surface area contributed by atoms with Gasteiger partial charge < -0.3 is 4.74 Å². The molecule has 0 spiro atoms. The van der Waals surface area contributed by atoms with Crippen molar-refractivity contribution in [1.29, 1.82) is 0 Å². The zero-order valence-corrected chi connectivity index (χ0v) is 7.75. The van der Waals surface area contributed by atoms with Crippen LogP contribution in [0.1, 0.15) is 33.1 Å². The van der Waals surface area contributed by atoms with E-state index in [2.05, 4.69) is 13.8 Å². The van der Waals surface area contributed by atoms with Crippen LogP contribution in [-0.4, -0.2) is 18.0 Å². The van der Waals surface area contributed by atoms with Gasteiger partial charge in [0.1, 0.15) is 5.78 Å². The first-order valence-corrected chi connectivity index (χ1v) is 4.86. The topological polar surface area (TPSA) is 26.3 Å². The largest absolute Gasteiger partial charge is 0.375 e. The Balaban J connectivity index is 1.88. The van der Waals surface area contributed by atoms with Crippen LogP contribution in [0.15, 0.2) is 0 Å². The molecule has 68 valence electrons. The summed E-state index contributed by atoms with van der Waals surface area (Å²) in [5, 5.41) is 0. The molecule has 0 bridgehead atoms. The van der Waals surface area contributed by atoms with Crippen LogP contribution in [0.5, 0.6) is 0 Å². The van der Waals surface area contributed by atoms with Crippen LogP contribution >= 0.6 is 0 Å². The molecule has 2 rings (SSSR count). The van der Waals surface area contributed by atoms with Gasteiger partial charge in [0.15, 0.2) is 0 Å². The second-order valence-electron chi connectivity index (χ2n) is 4.23. The van der Waals surface area contributed by atoms with E-state index in [-0.39, 0.29) is 0 Å². The van der Waals surface area contributed by atoms with E-state index >= 15 is 0 Å². The molecule has 0 N–H and O–H groups in total. The lowest BCUT2D eigenvalue weighted by molar-refractivity contribution is -0.136. The molecule has 0 amide bonds. The van der Waals surface area contributed by atoms with Gasteiger partial charge in [0.05, 0.1) is 12.2 Å². The van der Waals surface area contributed by atoms with E-state index in [1.807, 2.05) is 0 Å². The minimum Gasteiger partial charge on any atom is -0.375 e. The Hall–Kier alpha value is -0.370. The number of ether oxygens (including phenoxy) is 1. The maximum atomic E-state index is 11.2. The van der Waals surface area contributed by atoms with E-state index in [0.717, 1.165) is 19.3 Å². The van der Waals surface area contributed by atoms with Crippen molar-refractivity contribution in [2.75, 3.05) is 0 Å². The predicted octanol–water partition coefficient (Wildman–Crippen LogP) is 1.78. The molecule has 1 unspecified atom stereocenters. The highest BCUT2D eigenvalue weighted by molar-refractivity contribution is 5.84. The molecule has 12 heavy (non-hydrogen) atoms. The van der Waals surface area contributed by atoms with Crippen LogP contribution in [0.4, 0.5) is 0 Å². The van der Waals surface area contributed by atoms with E-state index in [1.54, 1.807) is 0 Å². The molecule has 2 aliphatic rings. The Morgan fingerprint density at radius 1 is 1.50 bits per heavy atom. The number of carbonyl (C=O) groups excluding carboxylic acids is 1. The van der Waals surface area contributed by atoms with Gasteiger partial charge in [-0.3, -0.25) is 4.79 Å². The molecule has 2 fully saturated rings. The molecule has 3 atom stereocenters. The van der Waals surface area contributed by atoms with Gasteiger partial charge in [-0.1, -0.05) is 0 Å². The molecule has 2 saturated carbocycles. The molecule has 2 nitrogen and oxygen atoms in total. The Bertz CT molecular complexity index is 198. The number of ketones is 1. The lowest BCUT2D eigenvalue weighted by atomic mass is 9.73. The number of Topliss-reactive ketones (excluding diaryl/α,β-unsaturated/α-hetero) is 1. The molecule has 0 aromatic heterocycles. The number of fused-ring (bicyclic) bond motifs is 1. The third kappa shape index (κ3) is 1.18. The highest BCUT2D eigenvalue weighted by Gasteiger charge is 2.49. The third-order valence-corrected chi connectivity index (χ3v) is 3.07. The standard InChI is InChI=1S/C10H16O2/c1-6(2)12-10-5-8-7(10)3-4-9(8)11/h6-8,10H,3-5H2,1-2H3/t7-,8-,10?/m0/s1. The molecular formula is C10H16O2. The molecule has 0 aliphatic heterocycles. The zero-order chi connectivity index (χ0) is 8.72. The average molecular weight is 168 g/mol. The first kappa shape index (κ1) is 8.24. The maximum absolute atomic E-state index is 11.2. The smallest absolute Gasteiger partial charge is 0.136 e. The fraction of sp³-hybridized carbons (Fsp3) is 0.900. The molecule has 0 heterocycles. The van der Waals surface area contributed by atoms with Crippen LogP contribution in [0.2, 0.25) is 0 Å². The summed E-state index contributed by atoms with van der Waals surface area (Å²) >= 11 is 0. The molecule has 0 aromatic rings.